The van der Waals surface area contributed by atoms with Crippen molar-refractivity contribution >= 4 is 17.9 Å². The molecule has 0 bridgehead atoms. The van der Waals surface area contributed by atoms with Gasteiger partial charge in [-0.05, 0) is 44.4 Å². The zero-order chi connectivity index (χ0) is 23.7. The molecule has 2 fully saturated rings. The molecule has 2 aliphatic heterocycles. The lowest BCUT2D eigenvalue weighted by Crippen LogP contribution is -2.56. The molecular weight excluding hydrogens is 427 g/mol. The van der Waals surface area contributed by atoms with Gasteiger partial charge in [0.05, 0.1) is 18.2 Å². The first-order chi connectivity index (χ1) is 15.8. The van der Waals surface area contributed by atoms with Crippen molar-refractivity contribution in [3.63, 3.8) is 0 Å². The maximum Gasteiger partial charge on any atom is 0.338 e. The van der Waals surface area contributed by atoms with E-state index >= 15 is 0 Å². The van der Waals surface area contributed by atoms with Gasteiger partial charge in [-0.15, -0.1) is 0 Å². The lowest BCUT2D eigenvalue weighted by molar-refractivity contribution is -0.139. The second-order valence-corrected chi connectivity index (χ2v) is 8.96. The normalized spacial score (nSPS) is 24.1. The summed E-state index contributed by atoms with van der Waals surface area (Å²) < 4.78 is 18.8. The zero-order valence-electron chi connectivity index (χ0n) is 19.3. The van der Waals surface area contributed by atoms with Gasteiger partial charge in [0.25, 0.3) is 0 Å². The summed E-state index contributed by atoms with van der Waals surface area (Å²) in [6, 6.07) is 4.70. The smallest absolute Gasteiger partial charge is 0.338 e. The summed E-state index contributed by atoms with van der Waals surface area (Å²) >= 11 is 0. The van der Waals surface area contributed by atoms with E-state index in [0.717, 1.165) is 12.8 Å². The van der Waals surface area contributed by atoms with Crippen molar-refractivity contribution in [2.75, 3.05) is 39.8 Å². The summed E-state index contributed by atoms with van der Waals surface area (Å²) in [5, 5.41) is 2.84. The summed E-state index contributed by atoms with van der Waals surface area (Å²) in [7, 11) is 1.63. The number of hydrogen-bond acceptors (Lipinski definition) is 5. The predicted molar refractivity (Wildman–Crippen MR) is 119 cm³/mol. The fourth-order valence-corrected chi connectivity index (χ4v) is 4.58. The highest BCUT2D eigenvalue weighted by Crippen LogP contribution is 2.34. The second-order valence-electron chi connectivity index (χ2n) is 8.96. The minimum Gasteiger partial charge on any atom is -0.463 e. The van der Waals surface area contributed by atoms with E-state index in [9.17, 15) is 18.8 Å². The molecule has 2 heterocycles. The largest absolute Gasteiger partial charge is 0.463 e. The van der Waals surface area contributed by atoms with Crippen molar-refractivity contribution in [3.8, 4) is 0 Å². The van der Waals surface area contributed by atoms with Crippen molar-refractivity contribution < 1.29 is 23.5 Å². The van der Waals surface area contributed by atoms with Crippen LogP contribution in [-0.4, -0.2) is 78.5 Å². The van der Waals surface area contributed by atoms with Crippen LogP contribution in [0, 0.1) is 11.7 Å². The monoisotopic (exact) mass is 458 g/mol. The molecule has 1 saturated carbocycles. The quantitative estimate of drug-likeness (QED) is 0.662. The van der Waals surface area contributed by atoms with E-state index in [0.29, 0.717) is 43.0 Å². The Hall–Kier alpha value is -2.94. The van der Waals surface area contributed by atoms with Crippen LogP contribution in [-0.2, 0) is 14.3 Å². The number of amides is 3. The first-order valence-corrected chi connectivity index (χ1v) is 11.5. The predicted octanol–water partition coefficient (Wildman–Crippen LogP) is 2.28. The van der Waals surface area contributed by atoms with Gasteiger partial charge in [0.1, 0.15) is 5.82 Å². The van der Waals surface area contributed by atoms with Gasteiger partial charge in [-0.25, -0.2) is 14.0 Å². The second kappa shape index (κ2) is 9.51. The van der Waals surface area contributed by atoms with Gasteiger partial charge in [-0.3, -0.25) is 14.6 Å². The standard InChI is InChI=1S/C24H31FN4O4/c1-4-33-23(31)20-19(14-28-11-12-29(15(2)13-28)22(30)17-5-6-17)27(3)24(32)26-21(20)16-7-9-18(25)10-8-16/h7-10,15,17,21H,4-6,11-14H2,1-3H3,(H,26,32). The molecule has 178 valence electrons. The number of carbonyl (C=O) groups is 3. The zero-order valence-corrected chi connectivity index (χ0v) is 19.3. The molecule has 1 aromatic rings. The summed E-state index contributed by atoms with van der Waals surface area (Å²) in [5.41, 5.74) is 1.50. The Labute approximate surface area is 193 Å². The molecule has 4 rings (SSSR count). The lowest BCUT2D eigenvalue weighted by Gasteiger charge is -2.42. The van der Waals surface area contributed by atoms with Crippen molar-refractivity contribution in [2.45, 2.75) is 38.8 Å². The number of carbonyl (C=O) groups excluding carboxylic acids is 3. The first-order valence-electron chi connectivity index (χ1n) is 11.5. The highest BCUT2D eigenvalue weighted by molar-refractivity contribution is 5.95. The van der Waals surface area contributed by atoms with Gasteiger partial charge in [0, 0.05) is 50.9 Å². The van der Waals surface area contributed by atoms with Gasteiger partial charge in [0.2, 0.25) is 5.91 Å². The highest BCUT2D eigenvalue weighted by Gasteiger charge is 2.40. The number of rotatable bonds is 6. The van der Waals surface area contributed by atoms with E-state index in [-0.39, 0.29) is 30.5 Å². The number of ether oxygens (including phenoxy) is 1. The molecule has 0 radical (unpaired) electrons. The number of piperazine rings is 1. The van der Waals surface area contributed by atoms with Crippen molar-refractivity contribution in [1.82, 2.24) is 20.0 Å². The van der Waals surface area contributed by atoms with E-state index in [4.69, 9.17) is 4.74 Å². The summed E-state index contributed by atoms with van der Waals surface area (Å²) in [6.45, 7) is 6.25. The molecule has 1 N–H and O–H groups in total. The molecule has 8 nitrogen and oxygen atoms in total. The Morgan fingerprint density at radius 1 is 1.18 bits per heavy atom. The maximum absolute atomic E-state index is 13.5. The van der Waals surface area contributed by atoms with E-state index in [1.54, 1.807) is 26.1 Å². The Balaban J connectivity index is 1.62. The number of nitrogens with zero attached hydrogens (tertiary/aromatic N) is 3. The minimum atomic E-state index is -0.737. The topological polar surface area (TPSA) is 82.2 Å². The molecule has 3 aliphatic rings. The van der Waals surface area contributed by atoms with Crippen molar-refractivity contribution in [2.24, 2.45) is 5.92 Å². The van der Waals surface area contributed by atoms with Crippen LogP contribution in [0.5, 0.6) is 0 Å². The van der Waals surface area contributed by atoms with Crippen molar-refractivity contribution in [1.29, 1.82) is 0 Å². The molecular formula is C24H31FN4O4. The van der Waals surface area contributed by atoms with Gasteiger partial charge in [-0.2, -0.15) is 0 Å². The first kappa shape index (κ1) is 23.2. The van der Waals surface area contributed by atoms with Crippen LogP contribution in [0.1, 0.15) is 38.3 Å². The Kier molecular flexibility index (Phi) is 6.69. The maximum atomic E-state index is 13.5. The molecule has 3 amide bonds. The average molecular weight is 459 g/mol. The van der Waals surface area contributed by atoms with Crippen LogP contribution in [0.4, 0.5) is 9.18 Å². The third kappa shape index (κ3) is 4.88. The molecule has 2 unspecified atom stereocenters. The fourth-order valence-electron chi connectivity index (χ4n) is 4.58. The van der Waals surface area contributed by atoms with Crippen LogP contribution in [0.3, 0.4) is 0 Å². The molecule has 1 saturated heterocycles. The summed E-state index contributed by atoms with van der Waals surface area (Å²) in [5.74, 6) is -0.488. The summed E-state index contributed by atoms with van der Waals surface area (Å²) in [6.07, 6.45) is 1.96. The minimum absolute atomic E-state index is 0.0501. The molecule has 1 aromatic carbocycles. The van der Waals surface area contributed by atoms with Crippen LogP contribution < -0.4 is 5.32 Å². The number of benzene rings is 1. The Bertz CT molecular complexity index is 960. The molecule has 33 heavy (non-hydrogen) atoms. The van der Waals surface area contributed by atoms with E-state index < -0.39 is 17.8 Å². The lowest BCUT2D eigenvalue weighted by atomic mass is 9.94. The fraction of sp³-hybridized carbons (Fsp3) is 0.542. The van der Waals surface area contributed by atoms with Crippen LogP contribution in [0.2, 0.25) is 0 Å². The number of urea groups is 1. The third-order valence-corrected chi connectivity index (χ3v) is 6.57. The number of hydrogen-bond donors (Lipinski definition) is 1. The number of likely N-dealkylation sites (N-methyl/N-ethyl adjacent to an activating group) is 1. The molecule has 2 atom stereocenters. The van der Waals surface area contributed by atoms with E-state index in [2.05, 4.69) is 10.2 Å². The highest BCUT2D eigenvalue weighted by atomic mass is 19.1. The van der Waals surface area contributed by atoms with E-state index in [1.165, 1.54) is 17.0 Å². The number of halogens is 1. The van der Waals surface area contributed by atoms with Gasteiger partial charge < -0.3 is 15.0 Å². The molecule has 1 aliphatic carbocycles. The van der Waals surface area contributed by atoms with Gasteiger partial charge >= 0.3 is 12.0 Å². The van der Waals surface area contributed by atoms with Crippen LogP contribution >= 0.6 is 0 Å². The number of esters is 1. The average Bonchev–Trinajstić information content (AvgIpc) is 3.62. The van der Waals surface area contributed by atoms with Crippen molar-refractivity contribution in [3.05, 3.63) is 46.9 Å². The molecule has 9 heteroatoms. The third-order valence-electron chi connectivity index (χ3n) is 6.57. The Morgan fingerprint density at radius 3 is 2.48 bits per heavy atom. The van der Waals surface area contributed by atoms with Crippen LogP contribution in [0.25, 0.3) is 0 Å². The summed E-state index contributed by atoms with van der Waals surface area (Å²) in [4.78, 5) is 43.9. The SMILES string of the molecule is CCOC(=O)C1=C(CN2CCN(C(=O)C3CC3)C(C)C2)N(C)C(=O)NC1c1ccc(F)cc1. The Morgan fingerprint density at radius 2 is 1.88 bits per heavy atom. The van der Waals surface area contributed by atoms with Gasteiger partial charge in [-0.1, -0.05) is 12.1 Å². The molecule has 0 spiro atoms. The number of nitrogens with one attached hydrogen (secondary N) is 1. The van der Waals surface area contributed by atoms with Gasteiger partial charge in [0.15, 0.2) is 0 Å². The van der Waals surface area contributed by atoms with Crippen LogP contribution in [0.15, 0.2) is 35.5 Å². The molecule has 0 aromatic heterocycles. The van der Waals surface area contributed by atoms with E-state index in [1.807, 2.05) is 11.8 Å².